The van der Waals surface area contributed by atoms with E-state index in [1.54, 1.807) is 13.8 Å². The van der Waals surface area contributed by atoms with E-state index in [4.69, 9.17) is 0 Å². The predicted molar refractivity (Wildman–Crippen MR) is 68.5 cm³/mol. The van der Waals surface area contributed by atoms with Gasteiger partial charge in [0, 0.05) is 0 Å². The lowest BCUT2D eigenvalue weighted by molar-refractivity contribution is -0.203. The van der Waals surface area contributed by atoms with Crippen molar-refractivity contribution < 1.29 is 22.7 Å². The van der Waals surface area contributed by atoms with Crippen molar-refractivity contribution in [3.8, 4) is 0 Å². The van der Waals surface area contributed by atoms with Gasteiger partial charge >= 0.3 is 12.1 Å². The number of allylic oxidation sites excluding steroid dienone is 1. The van der Waals surface area contributed by atoms with Crippen molar-refractivity contribution in [3.63, 3.8) is 0 Å². The van der Waals surface area contributed by atoms with Crippen LogP contribution < -0.4 is 0 Å². The van der Waals surface area contributed by atoms with Crippen molar-refractivity contribution in [2.75, 3.05) is 7.11 Å². The van der Waals surface area contributed by atoms with Crippen LogP contribution in [0.1, 0.15) is 34.1 Å². The Labute approximate surface area is 113 Å². The molecule has 0 saturated carbocycles. The quantitative estimate of drug-likeness (QED) is 0.538. The van der Waals surface area contributed by atoms with E-state index in [0.717, 1.165) is 0 Å². The van der Waals surface area contributed by atoms with Crippen molar-refractivity contribution in [3.05, 3.63) is 12.7 Å². The van der Waals surface area contributed by atoms with Gasteiger partial charge in [0.2, 0.25) is 0 Å². The second-order valence-electron chi connectivity index (χ2n) is 5.73. The van der Waals surface area contributed by atoms with E-state index < -0.39 is 29.4 Å². The van der Waals surface area contributed by atoms with Gasteiger partial charge in [-0.15, -0.1) is 6.58 Å². The van der Waals surface area contributed by atoms with Crippen molar-refractivity contribution in [1.29, 1.82) is 0 Å². The van der Waals surface area contributed by atoms with Gasteiger partial charge in [-0.25, -0.2) is 0 Å². The summed E-state index contributed by atoms with van der Waals surface area (Å²) in [5, 5.41) is 0. The van der Waals surface area contributed by atoms with Crippen LogP contribution in [0.5, 0.6) is 0 Å². The largest absolute Gasteiger partial charge is 0.469 e. The summed E-state index contributed by atoms with van der Waals surface area (Å²) in [6, 6.07) is 0. The Hall–Kier alpha value is -1.00. The molecule has 0 aromatic heterocycles. The molecule has 0 aliphatic rings. The minimum atomic E-state index is -4.38. The minimum absolute atomic E-state index is 0.210. The molecule has 0 rings (SSSR count). The number of hydrogen-bond acceptors (Lipinski definition) is 2. The number of hydrogen-bond donors (Lipinski definition) is 0. The molecule has 0 amide bonds. The summed E-state index contributed by atoms with van der Waals surface area (Å²) in [6.45, 7) is 9.86. The van der Waals surface area contributed by atoms with Crippen LogP contribution in [-0.4, -0.2) is 19.3 Å². The zero-order valence-electron chi connectivity index (χ0n) is 12.2. The van der Waals surface area contributed by atoms with E-state index >= 15 is 0 Å². The van der Waals surface area contributed by atoms with Gasteiger partial charge in [0.25, 0.3) is 0 Å². The van der Waals surface area contributed by atoms with Gasteiger partial charge in [-0.1, -0.05) is 33.8 Å². The van der Waals surface area contributed by atoms with E-state index in [1.807, 2.05) is 0 Å². The van der Waals surface area contributed by atoms with Gasteiger partial charge in [-0.05, 0) is 17.8 Å². The molecule has 112 valence electrons. The molecule has 0 saturated heterocycles. The SMILES string of the molecule is C=CC(C)(C)[C@H](C[C@H](C(=O)OC)C(C)C)C(F)(F)F. The van der Waals surface area contributed by atoms with Gasteiger partial charge in [-0.2, -0.15) is 13.2 Å². The highest BCUT2D eigenvalue weighted by Crippen LogP contribution is 2.45. The average Bonchev–Trinajstić information content (AvgIpc) is 2.26. The van der Waals surface area contributed by atoms with Gasteiger partial charge in [-0.3, -0.25) is 4.79 Å². The molecule has 0 N–H and O–H groups in total. The molecule has 0 bridgehead atoms. The molecular formula is C14H23F3O2. The molecule has 5 heteroatoms. The van der Waals surface area contributed by atoms with Crippen LogP contribution in [0.3, 0.4) is 0 Å². The normalized spacial score (nSPS) is 16.1. The number of carbonyl (C=O) groups excluding carboxylic acids is 1. The Balaban J connectivity index is 5.31. The van der Waals surface area contributed by atoms with Crippen LogP contribution in [0.4, 0.5) is 13.2 Å². The lowest BCUT2D eigenvalue weighted by Crippen LogP contribution is -2.39. The first kappa shape index (κ1) is 18.0. The van der Waals surface area contributed by atoms with Gasteiger partial charge in [0.05, 0.1) is 18.9 Å². The highest BCUT2D eigenvalue weighted by molar-refractivity contribution is 5.72. The lowest BCUT2D eigenvalue weighted by Gasteiger charge is -2.35. The lowest BCUT2D eigenvalue weighted by atomic mass is 9.72. The first-order valence-electron chi connectivity index (χ1n) is 6.25. The maximum Gasteiger partial charge on any atom is 0.392 e. The van der Waals surface area contributed by atoms with E-state index in [2.05, 4.69) is 11.3 Å². The van der Waals surface area contributed by atoms with Crippen LogP contribution in [-0.2, 0) is 9.53 Å². The fraction of sp³-hybridized carbons (Fsp3) is 0.786. The fourth-order valence-corrected chi connectivity index (χ4v) is 2.05. The molecule has 0 unspecified atom stereocenters. The minimum Gasteiger partial charge on any atom is -0.469 e. The standard InChI is InChI=1S/C14H23F3O2/c1-7-13(4,5)11(14(15,16)17)8-10(9(2)3)12(18)19-6/h7,9-11H,1,8H2,2-6H3/t10-,11-/m0/s1. The molecule has 0 aromatic rings. The van der Waals surface area contributed by atoms with Crippen LogP contribution in [0, 0.1) is 23.2 Å². The Bertz CT molecular complexity index is 319. The van der Waals surface area contributed by atoms with Crippen molar-refractivity contribution in [1.82, 2.24) is 0 Å². The van der Waals surface area contributed by atoms with Crippen molar-refractivity contribution >= 4 is 5.97 Å². The Morgan fingerprint density at radius 2 is 1.79 bits per heavy atom. The number of methoxy groups -OCH3 is 1. The first-order valence-corrected chi connectivity index (χ1v) is 6.25. The number of ether oxygens (including phenoxy) is 1. The zero-order valence-corrected chi connectivity index (χ0v) is 12.2. The van der Waals surface area contributed by atoms with E-state index in [-0.39, 0.29) is 12.3 Å². The molecule has 2 nitrogen and oxygen atoms in total. The number of alkyl halides is 3. The second-order valence-corrected chi connectivity index (χ2v) is 5.73. The van der Waals surface area contributed by atoms with E-state index in [9.17, 15) is 18.0 Å². The summed E-state index contributed by atoms with van der Waals surface area (Å²) >= 11 is 0. The third kappa shape index (κ3) is 4.88. The molecule has 19 heavy (non-hydrogen) atoms. The maximum atomic E-state index is 13.2. The van der Waals surface area contributed by atoms with Crippen LogP contribution in [0.15, 0.2) is 12.7 Å². The number of carbonyl (C=O) groups is 1. The number of esters is 1. The third-order valence-corrected chi connectivity index (χ3v) is 3.62. The molecule has 2 atom stereocenters. The highest BCUT2D eigenvalue weighted by atomic mass is 19.4. The summed E-state index contributed by atoms with van der Waals surface area (Å²) in [4.78, 5) is 11.6. The van der Waals surface area contributed by atoms with E-state index in [0.29, 0.717) is 0 Å². The summed E-state index contributed by atoms with van der Waals surface area (Å²) in [5.41, 5.74) is -1.13. The maximum absolute atomic E-state index is 13.2. The molecule has 0 aliphatic carbocycles. The summed E-state index contributed by atoms with van der Waals surface area (Å²) in [6.07, 6.45) is -3.37. The summed E-state index contributed by atoms with van der Waals surface area (Å²) in [7, 11) is 1.19. The molecule has 0 radical (unpaired) electrons. The molecule has 0 heterocycles. The second kappa shape index (κ2) is 6.44. The van der Waals surface area contributed by atoms with Gasteiger partial charge < -0.3 is 4.74 Å². The fourth-order valence-electron chi connectivity index (χ4n) is 2.05. The van der Waals surface area contributed by atoms with Crippen molar-refractivity contribution in [2.45, 2.75) is 40.3 Å². The molecule has 0 aromatic carbocycles. The molecule has 0 aliphatic heterocycles. The van der Waals surface area contributed by atoms with E-state index in [1.165, 1.54) is 27.0 Å². The van der Waals surface area contributed by atoms with Gasteiger partial charge in [0.1, 0.15) is 0 Å². The van der Waals surface area contributed by atoms with Gasteiger partial charge in [0.15, 0.2) is 0 Å². The Kier molecular flexibility index (Phi) is 6.10. The topological polar surface area (TPSA) is 26.3 Å². The number of halogens is 3. The van der Waals surface area contributed by atoms with Crippen LogP contribution in [0.2, 0.25) is 0 Å². The highest BCUT2D eigenvalue weighted by Gasteiger charge is 2.49. The van der Waals surface area contributed by atoms with Crippen LogP contribution >= 0.6 is 0 Å². The Morgan fingerprint density at radius 3 is 2.05 bits per heavy atom. The molecule has 0 fully saturated rings. The summed E-state index contributed by atoms with van der Waals surface area (Å²) < 4.78 is 44.2. The average molecular weight is 280 g/mol. The molecule has 0 spiro atoms. The number of rotatable bonds is 6. The van der Waals surface area contributed by atoms with Crippen LogP contribution in [0.25, 0.3) is 0 Å². The monoisotopic (exact) mass is 280 g/mol. The summed E-state index contributed by atoms with van der Waals surface area (Å²) in [5.74, 6) is -3.19. The first-order chi connectivity index (χ1) is 8.47. The Morgan fingerprint density at radius 1 is 1.32 bits per heavy atom. The smallest absolute Gasteiger partial charge is 0.392 e. The zero-order chi connectivity index (χ0) is 15.4. The van der Waals surface area contributed by atoms with Crippen molar-refractivity contribution in [2.24, 2.45) is 23.2 Å². The predicted octanol–water partition coefficient (Wildman–Crippen LogP) is 4.21. The third-order valence-electron chi connectivity index (χ3n) is 3.62. The molecular weight excluding hydrogens is 257 g/mol.